The molecule has 174 valence electrons. The van der Waals surface area contributed by atoms with Crippen molar-refractivity contribution in [2.75, 3.05) is 47.9 Å². The van der Waals surface area contributed by atoms with Crippen molar-refractivity contribution < 1.29 is 9.53 Å². The molecular formula is C26H28N6O2. The Morgan fingerprint density at radius 3 is 2.47 bits per heavy atom. The highest BCUT2D eigenvalue weighted by molar-refractivity contribution is 6.04. The normalized spacial score (nSPS) is 13.8. The number of benzene rings is 1. The Kier molecular flexibility index (Phi) is 6.03. The third kappa shape index (κ3) is 4.26. The lowest BCUT2D eigenvalue weighted by molar-refractivity contribution is 0.102. The highest BCUT2D eigenvalue weighted by Gasteiger charge is 2.20. The lowest BCUT2D eigenvalue weighted by Gasteiger charge is -2.36. The predicted octanol–water partition coefficient (Wildman–Crippen LogP) is 4.02. The molecule has 0 spiro atoms. The summed E-state index contributed by atoms with van der Waals surface area (Å²) >= 11 is 0. The number of rotatable bonds is 6. The zero-order chi connectivity index (χ0) is 23.5. The maximum absolute atomic E-state index is 13.1. The summed E-state index contributed by atoms with van der Waals surface area (Å²) in [6, 6.07) is 18.0. The fourth-order valence-corrected chi connectivity index (χ4v) is 4.37. The second-order valence-corrected chi connectivity index (χ2v) is 8.21. The molecule has 8 nitrogen and oxygen atoms in total. The van der Waals surface area contributed by atoms with E-state index in [9.17, 15) is 4.79 Å². The first kappa shape index (κ1) is 21.8. The molecule has 0 bridgehead atoms. The van der Waals surface area contributed by atoms with Crippen molar-refractivity contribution >= 4 is 28.7 Å². The molecule has 3 aromatic heterocycles. The summed E-state index contributed by atoms with van der Waals surface area (Å²) in [6.45, 7) is 7.98. The minimum absolute atomic E-state index is 0.232. The number of pyridine rings is 2. The summed E-state index contributed by atoms with van der Waals surface area (Å²) in [5.74, 6) is 1.34. The van der Waals surface area contributed by atoms with Gasteiger partial charge >= 0.3 is 0 Å². The van der Waals surface area contributed by atoms with Crippen LogP contribution in [0.1, 0.15) is 23.1 Å². The summed E-state index contributed by atoms with van der Waals surface area (Å²) < 4.78 is 7.42. The van der Waals surface area contributed by atoms with Gasteiger partial charge in [-0.2, -0.15) is 0 Å². The number of carbonyl (C=O) groups excluding carboxylic acids is 1. The number of ether oxygens (including phenoxy) is 1. The molecule has 1 aromatic carbocycles. The molecule has 8 heteroatoms. The van der Waals surface area contributed by atoms with E-state index in [4.69, 9.17) is 4.74 Å². The fraction of sp³-hybridized carbons (Fsp3) is 0.269. The third-order valence-corrected chi connectivity index (χ3v) is 6.03. The lowest BCUT2D eigenvalue weighted by Crippen LogP contribution is -2.46. The SMILES string of the molecule is CCOc1cccn2c(C(=O)Nc3ccc(N4CCN(c5ccccc5)CC4)nc3)c(C)nc12. The molecule has 0 aliphatic carbocycles. The molecule has 0 unspecified atom stereocenters. The van der Waals surface area contributed by atoms with Crippen molar-refractivity contribution in [3.63, 3.8) is 0 Å². The first-order chi connectivity index (χ1) is 16.6. The van der Waals surface area contributed by atoms with Gasteiger partial charge in [0.25, 0.3) is 5.91 Å². The van der Waals surface area contributed by atoms with Crippen molar-refractivity contribution in [2.24, 2.45) is 0 Å². The van der Waals surface area contributed by atoms with Crippen LogP contribution in [0.2, 0.25) is 0 Å². The maximum atomic E-state index is 13.1. The summed E-state index contributed by atoms with van der Waals surface area (Å²) in [5.41, 5.74) is 3.66. The molecular weight excluding hydrogens is 428 g/mol. The summed E-state index contributed by atoms with van der Waals surface area (Å²) in [5, 5.41) is 2.96. The van der Waals surface area contributed by atoms with E-state index in [1.807, 2.05) is 50.4 Å². The van der Waals surface area contributed by atoms with Crippen molar-refractivity contribution in [1.29, 1.82) is 0 Å². The summed E-state index contributed by atoms with van der Waals surface area (Å²) in [7, 11) is 0. The van der Waals surface area contributed by atoms with Crippen LogP contribution in [-0.2, 0) is 0 Å². The van der Waals surface area contributed by atoms with Gasteiger partial charge in [-0.05, 0) is 50.2 Å². The number of para-hydroxylation sites is 1. The van der Waals surface area contributed by atoms with Crippen LogP contribution in [0, 0.1) is 6.92 Å². The molecule has 1 aliphatic heterocycles. The molecule has 5 rings (SSSR count). The van der Waals surface area contributed by atoms with Crippen LogP contribution in [0.15, 0.2) is 67.0 Å². The van der Waals surface area contributed by atoms with Gasteiger partial charge in [0.15, 0.2) is 11.4 Å². The number of aryl methyl sites for hydroxylation is 1. The van der Waals surface area contributed by atoms with Gasteiger partial charge < -0.3 is 19.9 Å². The van der Waals surface area contributed by atoms with E-state index in [-0.39, 0.29) is 5.91 Å². The topological polar surface area (TPSA) is 75.0 Å². The zero-order valence-corrected chi connectivity index (χ0v) is 19.4. The highest BCUT2D eigenvalue weighted by atomic mass is 16.5. The van der Waals surface area contributed by atoms with Crippen molar-refractivity contribution in [3.05, 3.63) is 78.4 Å². The Bertz CT molecular complexity index is 1280. The van der Waals surface area contributed by atoms with Crippen LogP contribution < -0.4 is 19.9 Å². The summed E-state index contributed by atoms with van der Waals surface area (Å²) in [4.78, 5) is 26.9. The highest BCUT2D eigenvalue weighted by Crippen LogP contribution is 2.24. The second-order valence-electron chi connectivity index (χ2n) is 8.21. The maximum Gasteiger partial charge on any atom is 0.274 e. The minimum atomic E-state index is -0.232. The van der Waals surface area contributed by atoms with E-state index in [1.54, 1.807) is 10.6 Å². The Morgan fingerprint density at radius 2 is 1.76 bits per heavy atom. The van der Waals surface area contributed by atoms with Crippen LogP contribution in [0.4, 0.5) is 17.2 Å². The molecule has 0 radical (unpaired) electrons. The van der Waals surface area contributed by atoms with Gasteiger partial charge in [0, 0.05) is 38.1 Å². The quantitative estimate of drug-likeness (QED) is 0.473. The largest absolute Gasteiger partial charge is 0.490 e. The second kappa shape index (κ2) is 9.43. The fourth-order valence-electron chi connectivity index (χ4n) is 4.37. The average molecular weight is 457 g/mol. The van der Waals surface area contributed by atoms with Crippen molar-refractivity contribution in [2.45, 2.75) is 13.8 Å². The van der Waals surface area contributed by atoms with Crippen LogP contribution in [0.5, 0.6) is 5.75 Å². The van der Waals surface area contributed by atoms with E-state index in [2.05, 4.69) is 49.4 Å². The van der Waals surface area contributed by atoms with E-state index < -0.39 is 0 Å². The van der Waals surface area contributed by atoms with Gasteiger partial charge in [-0.1, -0.05) is 18.2 Å². The van der Waals surface area contributed by atoms with Crippen LogP contribution in [0.3, 0.4) is 0 Å². The Labute approximate surface area is 198 Å². The molecule has 4 aromatic rings. The molecule has 1 N–H and O–H groups in total. The number of amides is 1. The number of anilines is 3. The number of nitrogens with one attached hydrogen (secondary N) is 1. The van der Waals surface area contributed by atoms with Gasteiger partial charge in [0.1, 0.15) is 11.5 Å². The zero-order valence-electron chi connectivity index (χ0n) is 19.4. The predicted molar refractivity (Wildman–Crippen MR) is 134 cm³/mol. The molecule has 4 heterocycles. The van der Waals surface area contributed by atoms with Crippen LogP contribution in [-0.4, -0.2) is 53.1 Å². The molecule has 0 atom stereocenters. The van der Waals surface area contributed by atoms with E-state index in [1.165, 1.54) is 5.69 Å². The Morgan fingerprint density at radius 1 is 1.00 bits per heavy atom. The first-order valence-corrected chi connectivity index (χ1v) is 11.6. The standard InChI is InChI=1S/C26H28N6O2/c1-3-34-22-10-7-13-32-24(19(2)28-25(22)32)26(33)29-20-11-12-23(27-18-20)31-16-14-30(15-17-31)21-8-5-4-6-9-21/h4-13,18H,3,14-17H2,1-2H3,(H,29,33). The minimum Gasteiger partial charge on any atom is -0.490 e. The number of fused-ring (bicyclic) bond motifs is 1. The number of aromatic nitrogens is 3. The number of hydrogen-bond donors (Lipinski definition) is 1. The van der Waals surface area contributed by atoms with Crippen molar-refractivity contribution in [1.82, 2.24) is 14.4 Å². The Balaban J connectivity index is 1.26. The molecule has 1 saturated heterocycles. The van der Waals surface area contributed by atoms with E-state index >= 15 is 0 Å². The molecule has 0 saturated carbocycles. The average Bonchev–Trinajstić information content (AvgIpc) is 3.22. The molecule has 1 amide bonds. The summed E-state index contributed by atoms with van der Waals surface area (Å²) in [6.07, 6.45) is 3.53. The molecule has 34 heavy (non-hydrogen) atoms. The number of hydrogen-bond acceptors (Lipinski definition) is 6. The van der Waals surface area contributed by atoms with Gasteiger partial charge in [0.2, 0.25) is 0 Å². The van der Waals surface area contributed by atoms with E-state index in [0.29, 0.717) is 35.1 Å². The van der Waals surface area contributed by atoms with Gasteiger partial charge in [-0.25, -0.2) is 9.97 Å². The van der Waals surface area contributed by atoms with Gasteiger partial charge in [0.05, 0.1) is 24.2 Å². The molecule has 1 aliphatic rings. The Hall–Kier alpha value is -4.07. The van der Waals surface area contributed by atoms with E-state index in [0.717, 1.165) is 32.0 Å². The van der Waals surface area contributed by atoms with Gasteiger partial charge in [-0.15, -0.1) is 0 Å². The first-order valence-electron chi connectivity index (χ1n) is 11.6. The van der Waals surface area contributed by atoms with Gasteiger partial charge in [-0.3, -0.25) is 9.20 Å². The smallest absolute Gasteiger partial charge is 0.274 e. The van der Waals surface area contributed by atoms with Crippen LogP contribution >= 0.6 is 0 Å². The third-order valence-electron chi connectivity index (χ3n) is 6.03. The van der Waals surface area contributed by atoms with Crippen LogP contribution in [0.25, 0.3) is 5.65 Å². The monoisotopic (exact) mass is 456 g/mol. The lowest BCUT2D eigenvalue weighted by atomic mass is 10.2. The number of nitrogens with zero attached hydrogens (tertiary/aromatic N) is 5. The number of piperazine rings is 1. The number of carbonyl (C=O) groups is 1. The van der Waals surface area contributed by atoms with Crippen molar-refractivity contribution in [3.8, 4) is 5.75 Å². The number of imidazole rings is 1. The molecule has 1 fully saturated rings.